The molecule has 0 bridgehead atoms. The van der Waals surface area contributed by atoms with E-state index in [0.29, 0.717) is 12.1 Å². The smallest absolute Gasteiger partial charge is 0.190 e. The quantitative estimate of drug-likeness (QED) is 0.227. The van der Waals surface area contributed by atoms with Crippen LogP contribution in [0.5, 0.6) is 0 Å². The van der Waals surface area contributed by atoms with E-state index in [-0.39, 0.29) is 17.7 Å². The molecule has 0 fully saturated rings. The zero-order valence-electron chi connectivity index (χ0n) is 8.87. The van der Waals surface area contributed by atoms with Crippen LogP contribution in [0.25, 0.3) is 0 Å². The molecule has 0 amide bonds. The number of aromatic nitrogens is 2. The molecule has 0 spiro atoms. The molecular weight excluding hydrogens is 228 g/mol. The van der Waals surface area contributed by atoms with E-state index in [1.807, 2.05) is 6.92 Å². The summed E-state index contributed by atoms with van der Waals surface area (Å²) in [5.41, 5.74) is 5.69. The highest BCUT2D eigenvalue weighted by molar-refractivity contribution is 7.99. The van der Waals surface area contributed by atoms with Crippen molar-refractivity contribution in [2.75, 3.05) is 6.61 Å². The Balaban J connectivity index is 2.64. The minimum Gasteiger partial charge on any atom is -0.409 e. The minimum atomic E-state index is -0.0625. The number of aliphatic hydroxyl groups excluding tert-OH is 1. The molecule has 0 aliphatic carbocycles. The van der Waals surface area contributed by atoms with Crippen LogP contribution in [-0.4, -0.2) is 38.0 Å². The van der Waals surface area contributed by atoms with E-state index >= 15 is 0 Å². The Hall–Kier alpha value is -1.34. The van der Waals surface area contributed by atoms with E-state index in [1.165, 1.54) is 18.0 Å². The van der Waals surface area contributed by atoms with Gasteiger partial charge >= 0.3 is 0 Å². The number of nitrogens with zero attached hydrogens (tertiary/aromatic N) is 3. The molecule has 1 heterocycles. The first-order chi connectivity index (χ1) is 7.67. The second-order valence-electron chi connectivity index (χ2n) is 3.17. The Labute approximate surface area is 97.6 Å². The van der Waals surface area contributed by atoms with Crippen LogP contribution in [0.1, 0.15) is 19.0 Å². The van der Waals surface area contributed by atoms with Gasteiger partial charge in [-0.25, -0.2) is 9.97 Å². The standard InChI is InChI=1S/C9H14N4O2S/c1-6(2-3-14)16-8-5-11-7(4-12-8)9(10)13-15/h4-6,14-15H,2-3H2,1H3,(H2,10,13). The van der Waals surface area contributed by atoms with E-state index in [1.54, 1.807) is 6.20 Å². The van der Waals surface area contributed by atoms with Crippen molar-refractivity contribution in [1.82, 2.24) is 9.97 Å². The third-order valence-corrected chi connectivity index (χ3v) is 2.95. The average molecular weight is 242 g/mol. The molecule has 0 aromatic carbocycles. The van der Waals surface area contributed by atoms with Crippen molar-refractivity contribution in [1.29, 1.82) is 0 Å². The molecule has 0 saturated carbocycles. The van der Waals surface area contributed by atoms with Crippen molar-refractivity contribution in [3.05, 3.63) is 18.1 Å². The van der Waals surface area contributed by atoms with Crippen molar-refractivity contribution < 1.29 is 10.3 Å². The van der Waals surface area contributed by atoms with Gasteiger partial charge in [-0.1, -0.05) is 12.1 Å². The maximum absolute atomic E-state index is 8.75. The summed E-state index contributed by atoms with van der Waals surface area (Å²) in [6, 6.07) is 0. The van der Waals surface area contributed by atoms with Gasteiger partial charge in [0, 0.05) is 11.9 Å². The Bertz CT molecular complexity index is 355. The molecule has 1 unspecified atom stereocenters. The van der Waals surface area contributed by atoms with Gasteiger partial charge < -0.3 is 16.0 Å². The van der Waals surface area contributed by atoms with E-state index in [9.17, 15) is 0 Å². The molecule has 6 nitrogen and oxygen atoms in total. The molecule has 1 atom stereocenters. The summed E-state index contributed by atoms with van der Waals surface area (Å²) in [6.45, 7) is 2.16. The number of aliphatic hydroxyl groups is 1. The first kappa shape index (κ1) is 12.7. The Kier molecular flexibility index (Phi) is 5.00. The van der Waals surface area contributed by atoms with Gasteiger partial charge in [0.05, 0.1) is 12.4 Å². The summed E-state index contributed by atoms with van der Waals surface area (Å²) in [5, 5.41) is 21.0. The Morgan fingerprint density at radius 1 is 1.56 bits per heavy atom. The van der Waals surface area contributed by atoms with Gasteiger partial charge in [-0.2, -0.15) is 0 Å². The third kappa shape index (κ3) is 3.67. The normalized spacial score (nSPS) is 13.8. The second kappa shape index (κ2) is 6.29. The predicted molar refractivity (Wildman–Crippen MR) is 61.6 cm³/mol. The summed E-state index contributed by atoms with van der Waals surface area (Å²) in [5.74, 6) is -0.0625. The molecule has 0 radical (unpaired) electrons. The van der Waals surface area contributed by atoms with Crippen LogP contribution in [-0.2, 0) is 0 Å². The second-order valence-corrected chi connectivity index (χ2v) is 4.62. The highest BCUT2D eigenvalue weighted by Gasteiger charge is 2.06. The molecule has 88 valence electrons. The summed E-state index contributed by atoms with van der Waals surface area (Å²) in [4.78, 5) is 8.12. The maximum atomic E-state index is 8.75. The summed E-state index contributed by atoms with van der Waals surface area (Å²) in [6.07, 6.45) is 3.71. The fourth-order valence-electron chi connectivity index (χ4n) is 1.01. The third-order valence-electron chi connectivity index (χ3n) is 1.86. The lowest BCUT2D eigenvalue weighted by molar-refractivity contribution is 0.289. The van der Waals surface area contributed by atoms with Crippen LogP contribution in [0.3, 0.4) is 0 Å². The lowest BCUT2D eigenvalue weighted by Gasteiger charge is -2.07. The number of oxime groups is 1. The van der Waals surface area contributed by atoms with E-state index in [4.69, 9.17) is 16.0 Å². The van der Waals surface area contributed by atoms with Crippen LogP contribution >= 0.6 is 11.8 Å². The molecule has 4 N–H and O–H groups in total. The molecule has 1 aromatic rings. The van der Waals surface area contributed by atoms with E-state index < -0.39 is 0 Å². The van der Waals surface area contributed by atoms with Gasteiger partial charge in [0.2, 0.25) is 0 Å². The lowest BCUT2D eigenvalue weighted by atomic mass is 10.3. The summed E-state index contributed by atoms with van der Waals surface area (Å²) >= 11 is 1.52. The van der Waals surface area contributed by atoms with Gasteiger partial charge in [-0.05, 0) is 6.42 Å². The van der Waals surface area contributed by atoms with Crippen molar-refractivity contribution in [3.63, 3.8) is 0 Å². The fraction of sp³-hybridized carbons (Fsp3) is 0.444. The largest absolute Gasteiger partial charge is 0.409 e. The van der Waals surface area contributed by atoms with Crippen molar-refractivity contribution in [3.8, 4) is 0 Å². The Morgan fingerprint density at radius 3 is 2.81 bits per heavy atom. The van der Waals surface area contributed by atoms with Crippen LogP contribution in [0, 0.1) is 0 Å². The number of rotatable bonds is 5. The van der Waals surface area contributed by atoms with Gasteiger partial charge in [0.1, 0.15) is 10.7 Å². The van der Waals surface area contributed by atoms with E-state index in [2.05, 4.69) is 15.1 Å². The molecule has 1 aromatic heterocycles. The fourth-order valence-corrected chi connectivity index (χ4v) is 1.87. The highest BCUT2D eigenvalue weighted by atomic mass is 32.2. The van der Waals surface area contributed by atoms with Crippen LogP contribution in [0.4, 0.5) is 0 Å². The summed E-state index contributed by atoms with van der Waals surface area (Å²) in [7, 11) is 0. The van der Waals surface area contributed by atoms with Crippen molar-refractivity contribution in [2.24, 2.45) is 10.9 Å². The van der Waals surface area contributed by atoms with Gasteiger partial charge in [-0.3, -0.25) is 0 Å². The van der Waals surface area contributed by atoms with Crippen LogP contribution in [0.15, 0.2) is 22.6 Å². The topological polar surface area (TPSA) is 105 Å². The first-order valence-electron chi connectivity index (χ1n) is 4.74. The van der Waals surface area contributed by atoms with Gasteiger partial charge in [0.15, 0.2) is 5.84 Å². The molecular formula is C9H14N4O2S. The zero-order valence-corrected chi connectivity index (χ0v) is 9.68. The molecule has 16 heavy (non-hydrogen) atoms. The monoisotopic (exact) mass is 242 g/mol. The number of amidine groups is 1. The number of nitrogens with two attached hydrogens (primary N) is 1. The maximum Gasteiger partial charge on any atom is 0.190 e. The minimum absolute atomic E-state index is 0.0625. The molecule has 0 aliphatic heterocycles. The SMILES string of the molecule is CC(CCO)Sc1cnc(C(N)=NO)cn1. The van der Waals surface area contributed by atoms with Crippen molar-refractivity contribution in [2.45, 2.75) is 23.6 Å². The number of thioether (sulfide) groups is 1. The van der Waals surface area contributed by atoms with Gasteiger partial charge in [-0.15, -0.1) is 11.8 Å². The molecule has 1 rings (SSSR count). The average Bonchev–Trinajstić information content (AvgIpc) is 2.29. The van der Waals surface area contributed by atoms with E-state index in [0.717, 1.165) is 5.03 Å². The predicted octanol–water partition coefficient (Wildman–Crippen LogP) is 0.434. The molecule has 0 saturated heterocycles. The molecule has 7 heteroatoms. The number of hydrogen-bond donors (Lipinski definition) is 3. The zero-order chi connectivity index (χ0) is 12.0. The first-order valence-corrected chi connectivity index (χ1v) is 5.62. The van der Waals surface area contributed by atoms with Gasteiger partial charge in [0.25, 0.3) is 0 Å². The van der Waals surface area contributed by atoms with Crippen molar-refractivity contribution >= 4 is 17.6 Å². The van der Waals surface area contributed by atoms with Crippen LogP contribution < -0.4 is 5.73 Å². The number of hydrogen-bond acceptors (Lipinski definition) is 6. The Morgan fingerprint density at radius 2 is 2.31 bits per heavy atom. The lowest BCUT2D eigenvalue weighted by Crippen LogP contribution is -2.15. The summed E-state index contributed by atoms with van der Waals surface area (Å²) < 4.78 is 0. The highest BCUT2D eigenvalue weighted by Crippen LogP contribution is 2.21. The van der Waals surface area contributed by atoms with Crippen LogP contribution in [0.2, 0.25) is 0 Å². The molecule has 0 aliphatic rings.